The number of carbonyl (C=O) groups excluding carboxylic acids is 2. The highest BCUT2D eigenvalue weighted by molar-refractivity contribution is 6.21. The highest BCUT2D eigenvalue weighted by Gasteiger charge is 2.22. The Balaban J connectivity index is 2.79. The summed E-state index contributed by atoms with van der Waals surface area (Å²) in [6, 6.07) is 0. The van der Waals surface area contributed by atoms with Gasteiger partial charge in [-0.05, 0) is 37.1 Å². The van der Waals surface area contributed by atoms with Gasteiger partial charge < -0.3 is 0 Å². The number of nitrogens with zero attached hydrogens (tertiary/aromatic N) is 1. The molecule has 0 saturated carbocycles. The summed E-state index contributed by atoms with van der Waals surface area (Å²) in [6.07, 6.45) is 4.20. The monoisotopic (exact) mass is 187 g/mol. The van der Waals surface area contributed by atoms with E-state index in [1.807, 2.05) is 13.8 Å². The van der Waals surface area contributed by atoms with Crippen LogP contribution in [0.1, 0.15) is 32.0 Å². The average Bonchev–Trinajstić information content (AvgIpc) is 2.16. The van der Waals surface area contributed by atoms with E-state index in [0.29, 0.717) is 5.56 Å². The van der Waals surface area contributed by atoms with Crippen LogP contribution >= 0.6 is 0 Å². The first-order valence-corrected chi connectivity index (χ1v) is 4.34. The van der Waals surface area contributed by atoms with Crippen LogP contribution in [0.3, 0.4) is 0 Å². The van der Waals surface area contributed by atoms with Gasteiger partial charge in [-0.15, -0.1) is 0 Å². The molecule has 70 valence electrons. The maximum Gasteiger partial charge on any atom is 0.205 e. The van der Waals surface area contributed by atoms with Gasteiger partial charge in [0.15, 0.2) is 5.78 Å². The third-order valence-electron chi connectivity index (χ3n) is 2.46. The summed E-state index contributed by atoms with van der Waals surface area (Å²) in [4.78, 5) is 26.9. The number of pyridine rings is 1. The topological polar surface area (TPSA) is 47.0 Å². The van der Waals surface area contributed by atoms with Gasteiger partial charge in [-0.2, -0.15) is 0 Å². The minimum atomic E-state index is -0.192. The number of aryl methyl sites for hydroxylation is 1. The molecule has 3 nitrogen and oxygen atoms in total. The van der Waals surface area contributed by atoms with Crippen molar-refractivity contribution in [1.82, 2.24) is 4.98 Å². The molecule has 0 bridgehead atoms. The molecule has 3 heteroatoms. The number of hydrogen-bond acceptors (Lipinski definition) is 3. The second kappa shape index (κ2) is 2.87. The van der Waals surface area contributed by atoms with Crippen molar-refractivity contribution in [2.45, 2.75) is 13.8 Å². The van der Waals surface area contributed by atoms with E-state index < -0.39 is 0 Å². The van der Waals surface area contributed by atoms with E-state index in [1.165, 1.54) is 12.2 Å². The fraction of sp³-hybridized carbons (Fsp3) is 0.182. The fourth-order valence-electron chi connectivity index (χ4n) is 1.50. The molecule has 0 aromatic carbocycles. The number of ketones is 2. The van der Waals surface area contributed by atoms with Crippen LogP contribution in [0.2, 0.25) is 0 Å². The molecule has 14 heavy (non-hydrogen) atoms. The molecule has 2 rings (SSSR count). The smallest absolute Gasteiger partial charge is 0.205 e. The molecule has 1 aromatic rings. The molecule has 0 N–H and O–H groups in total. The Labute approximate surface area is 81.5 Å². The lowest BCUT2D eigenvalue weighted by atomic mass is 9.94. The molecule has 0 unspecified atom stereocenters. The number of aromatic nitrogens is 1. The van der Waals surface area contributed by atoms with E-state index >= 15 is 0 Å². The summed E-state index contributed by atoms with van der Waals surface area (Å²) in [5.74, 6) is -0.323. The van der Waals surface area contributed by atoms with Crippen LogP contribution in [-0.2, 0) is 0 Å². The van der Waals surface area contributed by atoms with Crippen LogP contribution in [0.15, 0.2) is 18.3 Å². The molecule has 0 fully saturated rings. The van der Waals surface area contributed by atoms with Crippen molar-refractivity contribution < 1.29 is 9.59 Å². The Bertz CT molecular complexity index is 472. The van der Waals surface area contributed by atoms with Gasteiger partial charge in [0.1, 0.15) is 5.69 Å². The van der Waals surface area contributed by atoms with E-state index in [9.17, 15) is 9.59 Å². The van der Waals surface area contributed by atoms with Crippen molar-refractivity contribution in [3.05, 3.63) is 40.7 Å². The van der Waals surface area contributed by atoms with Crippen LogP contribution in [0.5, 0.6) is 0 Å². The van der Waals surface area contributed by atoms with E-state index in [4.69, 9.17) is 0 Å². The van der Waals surface area contributed by atoms with E-state index in [-0.39, 0.29) is 17.3 Å². The summed E-state index contributed by atoms with van der Waals surface area (Å²) in [5.41, 5.74) is 2.51. The van der Waals surface area contributed by atoms with Crippen molar-refractivity contribution in [1.29, 1.82) is 0 Å². The minimum Gasteiger partial charge on any atom is -0.289 e. The first-order chi connectivity index (χ1) is 6.61. The lowest BCUT2D eigenvalue weighted by molar-refractivity contribution is 0.0990. The third-order valence-corrected chi connectivity index (χ3v) is 2.46. The first kappa shape index (κ1) is 8.81. The maximum absolute atomic E-state index is 11.5. The van der Waals surface area contributed by atoms with Gasteiger partial charge >= 0.3 is 0 Å². The lowest BCUT2D eigenvalue weighted by Gasteiger charge is -2.12. The molecule has 0 spiro atoms. The molecular weight excluding hydrogens is 178 g/mol. The fourth-order valence-corrected chi connectivity index (χ4v) is 1.50. The Hall–Kier alpha value is -1.77. The Morgan fingerprint density at radius 1 is 1.07 bits per heavy atom. The second-order valence-electron chi connectivity index (χ2n) is 3.35. The van der Waals surface area contributed by atoms with Gasteiger partial charge in [0.2, 0.25) is 5.78 Å². The van der Waals surface area contributed by atoms with Crippen LogP contribution in [-0.4, -0.2) is 16.6 Å². The third kappa shape index (κ3) is 1.09. The molecule has 0 saturated heterocycles. The Morgan fingerprint density at radius 2 is 1.71 bits per heavy atom. The SMILES string of the molecule is Cc1cnc2c(c1C)C(=O)C=CC2=O. The predicted octanol–water partition coefficient (Wildman–Crippen LogP) is 1.63. The zero-order valence-electron chi connectivity index (χ0n) is 8.00. The quantitative estimate of drug-likeness (QED) is 0.620. The van der Waals surface area contributed by atoms with Gasteiger partial charge in [-0.1, -0.05) is 0 Å². The number of hydrogen-bond donors (Lipinski definition) is 0. The van der Waals surface area contributed by atoms with Gasteiger partial charge in [-0.3, -0.25) is 14.6 Å². The summed E-state index contributed by atoms with van der Waals surface area (Å²) in [5, 5.41) is 0. The number of fused-ring (bicyclic) bond motifs is 1. The van der Waals surface area contributed by atoms with Gasteiger partial charge in [0, 0.05) is 6.20 Å². The lowest BCUT2D eigenvalue weighted by Crippen LogP contribution is -2.16. The highest BCUT2D eigenvalue weighted by Crippen LogP contribution is 2.20. The van der Waals surface area contributed by atoms with Gasteiger partial charge in [-0.25, -0.2) is 0 Å². The molecule has 0 aliphatic heterocycles. The number of allylic oxidation sites excluding steroid dienone is 2. The molecule has 0 atom stereocenters. The van der Waals surface area contributed by atoms with Gasteiger partial charge in [0.05, 0.1) is 5.56 Å². The molecule has 1 aliphatic rings. The largest absolute Gasteiger partial charge is 0.289 e. The molecule has 0 amide bonds. The zero-order valence-corrected chi connectivity index (χ0v) is 8.00. The Morgan fingerprint density at radius 3 is 2.43 bits per heavy atom. The number of carbonyl (C=O) groups is 2. The minimum absolute atomic E-state index is 0.131. The van der Waals surface area contributed by atoms with E-state index in [1.54, 1.807) is 6.20 Å². The number of rotatable bonds is 0. The molecule has 1 heterocycles. The Kier molecular flexibility index (Phi) is 1.81. The van der Waals surface area contributed by atoms with Crippen molar-refractivity contribution in [3.63, 3.8) is 0 Å². The van der Waals surface area contributed by atoms with Crippen LogP contribution in [0.25, 0.3) is 0 Å². The van der Waals surface area contributed by atoms with Crippen molar-refractivity contribution >= 4 is 11.6 Å². The van der Waals surface area contributed by atoms with Crippen molar-refractivity contribution in [2.24, 2.45) is 0 Å². The van der Waals surface area contributed by atoms with E-state index in [0.717, 1.165) is 11.1 Å². The van der Waals surface area contributed by atoms with Crippen LogP contribution in [0, 0.1) is 13.8 Å². The molecule has 0 radical (unpaired) electrons. The zero-order chi connectivity index (χ0) is 10.3. The van der Waals surface area contributed by atoms with Crippen LogP contribution in [0.4, 0.5) is 0 Å². The van der Waals surface area contributed by atoms with Crippen LogP contribution < -0.4 is 0 Å². The van der Waals surface area contributed by atoms with E-state index in [2.05, 4.69) is 4.98 Å². The summed E-state index contributed by atoms with van der Waals surface area (Å²) >= 11 is 0. The summed E-state index contributed by atoms with van der Waals surface area (Å²) in [7, 11) is 0. The summed E-state index contributed by atoms with van der Waals surface area (Å²) < 4.78 is 0. The highest BCUT2D eigenvalue weighted by atomic mass is 16.1. The molecule has 1 aromatic heterocycles. The molecule has 1 aliphatic carbocycles. The predicted molar refractivity (Wildman–Crippen MR) is 51.5 cm³/mol. The van der Waals surface area contributed by atoms with Gasteiger partial charge in [0.25, 0.3) is 0 Å². The summed E-state index contributed by atoms with van der Waals surface area (Å²) in [6.45, 7) is 3.71. The van der Waals surface area contributed by atoms with Crippen molar-refractivity contribution in [2.75, 3.05) is 0 Å². The molecular formula is C11H9NO2. The maximum atomic E-state index is 11.5. The second-order valence-corrected chi connectivity index (χ2v) is 3.35. The normalized spacial score (nSPS) is 14.4. The average molecular weight is 187 g/mol. The first-order valence-electron chi connectivity index (χ1n) is 4.34. The van der Waals surface area contributed by atoms with Crippen molar-refractivity contribution in [3.8, 4) is 0 Å². The standard InChI is InChI=1S/C11H9NO2/c1-6-5-12-11-9(14)4-3-8(13)10(11)7(6)2/h3-5H,1-2H3.